The van der Waals surface area contributed by atoms with Crippen LogP contribution in [0.15, 0.2) is 36.4 Å². The van der Waals surface area contributed by atoms with Gasteiger partial charge in [-0.3, -0.25) is 0 Å². The number of pyridine rings is 1. The molecule has 1 aromatic heterocycles. The van der Waals surface area contributed by atoms with Crippen molar-refractivity contribution in [2.75, 3.05) is 0 Å². The molecular weight excluding hydrogens is 230 g/mol. The third kappa shape index (κ3) is 1.67. The van der Waals surface area contributed by atoms with Crippen molar-refractivity contribution in [3.8, 4) is 0 Å². The van der Waals surface area contributed by atoms with Crippen molar-refractivity contribution in [2.45, 2.75) is 13.8 Å². The highest BCUT2D eigenvalue weighted by atomic mass is 35.5. The summed E-state index contributed by atoms with van der Waals surface area (Å²) in [6, 6.07) is 12.2. The summed E-state index contributed by atoms with van der Waals surface area (Å²) in [6.45, 7) is 4.24. The van der Waals surface area contributed by atoms with Gasteiger partial charge in [-0.05, 0) is 43.7 Å². The number of aromatic nitrogens is 1. The van der Waals surface area contributed by atoms with Gasteiger partial charge in [0.2, 0.25) is 0 Å². The van der Waals surface area contributed by atoms with Crippen LogP contribution in [0.25, 0.3) is 21.8 Å². The first-order valence-electron chi connectivity index (χ1n) is 5.61. The molecule has 0 spiro atoms. The van der Waals surface area contributed by atoms with E-state index in [4.69, 9.17) is 11.6 Å². The summed E-state index contributed by atoms with van der Waals surface area (Å²) in [7, 11) is 0. The van der Waals surface area contributed by atoms with Gasteiger partial charge in [0.05, 0.1) is 11.0 Å². The highest BCUT2D eigenvalue weighted by Gasteiger charge is 2.05. The molecule has 84 valence electrons. The predicted octanol–water partition coefficient (Wildman–Crippen LogP) is 4.66. The monoisotopic (exact) mass is 241 g/mol. The minimum atomic E-state index is 0.732. The van der Waals surface area contributed by atoms with Gasteiger partial charge in [0.1, 0.15) is 0 Å². The quantitative estimate of drug-likeness (QED) is 0.522. The fraction of sp³-hybridized carbons (Fsp3) is 0.133. The van der Waals surface area contributed by atoms with E-state index in [2.05, 4.69) is 37.0 Å². The maximum Gasteiger partial charge on any atom is 0.0727 e. The summed E-state index contributed by atoms with van der Waals surface area (Å²) >= 11 is 6.01. The van der Waals surface area contributed by atoms with Crippen molar-refractivity contribution in [3.05, 3.63) is 52.5 Å². The Morgan fingerprint density at radius 3 is 2.53 bits per heavy atom. The summed E-state index contributed by atoms with van der Waals surface area (Å²) in [5, 5.41) is 3.13. The smallest absolute Gasteiger partial charge is 0.0727 e. The lowest BCUT2D eigenvalue weighted by Gasteiger charge is -2.07. The van der Waals surface area contributed by atoms with Gasteiger partial charge >= 0.3 is 0 Å². The molecule has 0 saturated heterocycles. The normalized spacial score (nSPS) is 11.2. The number of fused-ring (bicyclic) bond motifs is 2. The van der Waals surface area contributed by atoms with Crippen molar-refractivity contribution in [1.82, 2.24) is 4.98 Å². The topological polar surface area (TPSA) is 12.9 Å². The second-order valence-electron chi connectivity index (χ2n) is 4.42. The number of hydrogen-bond acceptors (Lipinski definition) is 1. The van der Waals surface area contributed by atoms with Crippen LogP contribution in [-0.4, -0.2) is 4.98 Å². The molecule has 2 aromatic carbocycles. The summed E-state index contributed by atoms with van der Waals surface area (Å²) in [6.07, 6.45) is 0. The fourth-order valence-electron chi connectivity index (χ4n) is 2.24. The molecule has 0 bridgehead atoms. The van der Waals surface area contributed by atoms with Gasteiger partial charge in [-0.1, -0.05) is 29.3 Å². The van der Waals surface area contributed by atoms with Crippen molar-refractivity contribution >= 4 is 33.4 Å². The van der Waals surface area contributed by atoms with Gasteiger partial charge in [-0.2, -0.15) is 0 Å². The zero-order chi connectivity index (χ0) is 12.0. The lowest BCUT2D eigenvalue weighted by Crippen LogP contribution is -1.88. The Morgan fingerprint density at radius 1 is 0.882 bits per heavy atom. The summed E-state index contributed by atoms with van der Waals surface area (Å²) in [4.78, 5) is 4.66. The van der Waals surface area contributed by atoms with E-state index in [-0.39, 0.29) is 0 Å². The van der Waals surface area contributed by atoms with Gasteiger partial charge in [0, 0.05) is 15.8 Å². The first kappa shape index (κ1) is 10.5. The van der Waals surface area contributed by atoms with Crippen LogP contribution in [-0.2, 0) is 0 Å². The fourth-order valence-corrected chi connectivity index (χ4v) is 2.40. The van der Waals surface area contributed by atoms with Crippen LogP contribution < -0.4 is 0 Å². The largest absolute Gasteiger partial charge is 0.248 e. The SMILES string of the molecule is Cc1ccc2nc3cc(Cl)ccc3c(C)c2c1. The van der Waals surface area contributed by atoms with E-state index in [0.29, 0.717) is 0 Å². The van der Waals surface area contributed by atoms with Crippen LogP contribution in [0.3, 0.4) is 0 Å². The molecule has 17 heavy (non-hydrogen) atoms. The molecular formula is C15H12ClN. The maximum atomic E-state index is 6.01. The lowest BCUT2D eigenvalue weighted by atomic mass is 10.0. The Labute approximate surface area is 105 Å². The molecule has 0 radical (unpaired) electrons. The van der Waals surface area contributed by atoms with Gasteiger partial charge in [0.15, 0.2) is 0 Å². The zero-order valence-corrected chi connectivity index (χ0v) is 10.5. The Bertz CT molecular complexity index is 732. The average Bonchev–Trinajstić information content (AvgIpc) is 2.30. The molecule has 0 aliphatic carbocycles. The van der Waals surface area contributed by atoms with Crippen LogP contribution in [0.4, 0.5) is 0 Å². The Kier molecular flexibility index (Phi) is 2.30. The number of nitrogens with zero attached hydrogens (tertiary/aromatic N) is 1. The van der Waals surface area contributed by atoms with E-state index in [9.17, 15) is 0 Å². The number of rotatable bonds is 0. The average molecular weight is 242 g/mol. The molecule has 3 rings (SSSR count). The minimum Gasteiger partial charge on any atom is -0.248 e. The third-order valence-corrected chi connectivity index (χ3v) is 3.40. The standard InChI is InChI=1S/C15H12ClN/c1-9-3-6-14-13(7-9)10(2)12-5-4-11(16)8-15(12)17-14/h3-8H,1-2H3. The minimum absolute atomic E-state index is 0.732. The van der Waals surface area contributed by atoms with E-state index in [1.54, 1.807) is 0 Å². The zero-order valence-electron chi connectivity index (χ0n) is 9.79. The van der Waals surface area contributed by atoms with Crippen LogP contribution in [0.5, 0.6) is 0 Å². The Morgan fingerprint density at radius 2 is 1.71 bits per heavy atom. The maximum absolute atomic E-state index is 6.01. The molecule has 1 nitrogen and oxygen atoms in total. The highest BCUT2D eigenvalue weighted by Crippen LogP contribution is 2.27. The molecule has 0 atom stereocenters. The molecule has 0 N–H and O–H groups in total. The molecule has 0 aliphatic heterocycles. The molecule has 0 amide bonds. The lowest BCUT2D eigenvalue weighted by molar-refractivity contribution is 1.42. The van der Waals surface area contributed by atoms with E-state index in [1.165, 1.54) is 21.9 Å². The van der Waals surface area contributed by atoms with Gasteiger partial charge in [0.25, 0.3) is 0 Å². The van der Waals surface area contributed by atoms with Gasteiger partial charge in [-0.15, -0.1) is 0 Å². The molecule has 0 saturated carbocycles. The molecule has 0 aliphatic rings. The first-order chi connectivity index (χ1) is 8.15. The predicted molar refractivity (Wildman–Crippen MR) is 73.7 cm³/mol. The van der Waals surface area contributed by atoms with Crippen LogP contribution in [0, 0.1) is 13.8 Å². The molecule has 0 unspecified atom stereocenters. The second-order valence-corrected chi connectivity index (χ2v) is 4.86. The number of halogens is 1. The molecule has 3 aromatic rings. The first-order valence-corrected chi connectivity index (χ1v) is 5.99. The van der Waals surface area contributed by atoms with Crippen molar-refractivity contribution in [3.63, 3.8) is 0 Å². The number of aryl methyl sites for hydroxylation is 2. The third-order valence-electron chi connectivity index (χ3n) is 3.16. The Balaban J connectivity index is 2.52. The van der Waals surface area contributed by atoms with Crippen LogP contribution in [0.1, 0.15) is 11.1 Å². The summed E-state index contributed by atoms with van der Waals surface area (Å²) in [5.74, 6) is 0. The van der Waals surface area contributed by atoms with Crippen LogP contribution in [0.2, 0.25) is 5.02 Å². The van der Waals surface area contributed by atoms with E-state index < -0.39 is 0 Å². The van der Waals surface area contributed by atoms with Gasteiger partial charge in [-0.25, -0.2) is 4.98 Å². The van der Waals surface area contributed by atoms with E-state index in [1.807, 2.05) is 18.2 Å². The Hall–Kier alpha value is -1.60. The van der Waals surface area contributed by atoms with Crippen LogP contribution >= 0.6 is 11.6 Å². The molecule has 0 fully saturated rings. The van der Waals surface area contributed by atoms with Crippen molar-refractivity contribution in [2.24, 2.45) is 0 Å². The highest BCUT2D eigenvalue weighted by molar-refractivity contribution is 6.31. The second kappa shape index (κ2) is 3.71. The number of benzene rings is 2. The molecule has 2 heteroatoms. The summed E-state index contributed by atoms with van der Waals surface area (Å²) < 4.78 is 0. The van der Waals surface area contributed by atoms with E-state index >= 15 is 0 Å². The van der Waals surface area contributed by atoms with E-state index in [0.717, 1.165) is 16.1 Å². The molecule has 1 heterocycles. The number of hydrogen-bond donors (Lipinski definition) is 0. The van der Waals surface area contributed by atoms with Crippen molar-refractivity contribution < 1.29 is 0 Å². The summed E-state index contributed by atoms with van der Waals surface area (Å²) in [5.41, 5.74) is 4.52. The van der Waals surface area contributed by atoms with Gasteiger partial charge < -0.3 is 0 Å². The van der Waals surface area contributed by atoms with Crippen molar-refractivity contribution in [1.29, 1.82) is 0 Å².